The summed E-state index contributed by atoms with van der Waals surface area (Å²) < 4.78 is 5.88. The summed E-state index contributed by atoms with van der Waals surface area (Å²) in [7, 11) is 0. The monoisotopic (exact) mass is 852 g/mol. The van der Waals surface area contributed by atoms with Crippen LogP contribution in [0.25, 0.3) is 0 Å². The Morgan fingerprint density at radius 1 is 0.492 bits per heavy atom. The third kappa shape index (κ3) is 43.7. The second-order valence-electron chi connectivity index (χ2n) is 17.2. The van der Waals surface area contributed by atoms with E-state index in [9.17, 15) is 19.8 Å². The number of aliphatic hydroxyl groups is 2. The lowest BCUT2D eigenvalue weighted by molar-refractivity contribution is -0.151. The molecule has 1 amide bonds. The van der Waals surface area contributed by atoms with Crippen molar-refractivity contribution >= 4 is 11.9 Å². The van der Waals surface area contributed by atoms with Gasteiger partial charge in [0.15, 0.2) is 0 Å². The van der Waals surface area contributed by atoms with Crippen molar-refractivity contribution in [3.8, 4) is 0 Å². The van der Waals surface area contributed by atoms with Gasteiger partial charge in [-0.25, -0.2) is 0 Å². The van der Waals surface area contributed by atoms with Crippen molar-refractivity contribution in [3.63, 3.8) is 0 Å². The quantitative estimate of drug-likeness (QED) is 0.0322. The first kappa shape index (κ1) is 58.3. The maximum Gasteiger partial charge on any atom is 0.306 e. The summed E-state index contributed by atoms with van der Waals surface area (Å²) in [5.74, 6) is -0.533. The van der Waals surface area contributed by atoms with Crippen LogP contribution in [0.4, 0.5) is 0 Å². The van der Waals surface area contributed by atoms with Crippen LogP contribution in [-0.4, -0.2) is 46.9 Å². The van der Waals surface area contributed by atoms with Gasteiger partial charge in [0.25, 0.3) is 0 Å². The minimum Gasteiger partial charge on any atom is -0.462 e. The minimum atomic E-state index is -0.799. The number of allylic oxidation sites excluding steroid dienone is 12. The van der Waals surface area contributed by atoms with Gasteiger partial charge < -0.3 is 20.3 Å². The van der Waals surface area contributed by atoms with Crippen LogP contribution in [0.2, 0.25) is 0 Å². The van der Waals surface area contributed by atoms with Crippen LogP contribution >= 0.6 is 0 Å². The molecule has 61 heavy (non-hydrogen) atoms. The average Bonchev–Trinajstić information content (AvgIpc) is 3.25. The number of aliphatic hydroxyl groups excluding tert-OH is 2. The lowest BCUT2D eigenvalue weighted by atomic mass is 10.0. The van der Waals surface area contributed by atoms with E-state index in [1.165, 1.54) is 77.0 Å². The Morgan fingerprint density at radius 2 is 0.918 bits per heavy atom. The Hall–Kier alpha value is -2.70. The summed E-state index contributed by atoms with van der Waals surface area (Å²) in [4.78, 5) is 26.0. The molecule has 0 spiro atoms. The maximum atomic E-state index is 13.1. The second kappa shape index (κ2) is 48.3. The molecule has 6 heteroatoms. The lowest BCUT2D eigenvalue weighted by Crippen LogP contribution is -2.46. The molecule has 352 valence electrons. The van der Waals surface area contributed by atoms with Crippen LogP contribution < -0.4 is 5.32 Å². The zero-order valence-electron chi connectivity index (χ0n) is 40.0. The Morgan fingerprint density at radius 3 is 1.43 bits per heavy atom. The van der Waals surface area contributed by atoms with Gasteiger partial charge >= 0.3 is 5.97 Å². The van der Waals surface area contributed by atoms with Crippen molar-refractivity contribution in [1.82, 2.24) is 5.32 Å². The van der Waals surface area contributed by atoms with Gasteiger partial charge in [0.05, 0.1) is 25.2 Å². The van der Waals surface area contributed by atoms with Crippen molar-refractivity contribution in [2.75, 3.05) is 6.61 Å². The van der Waals surface area contributed by atoms with E-state index in [2.05, 4.69) is 99.0 Å². The van der Waals surface area contributed by atoms with E-state index in [-0.39, 0.29) is 24.9 Å². The zero-order valence-corrected chi connectivity index (χ0v) is 40.0. The average molecular weight is 852 g/mol. The van der Waals surface area contributed by atoms with Gasteiger partial charge in [-0.05, 0) is 89.9 Å². The predicted molar refractivity (Wildman–Crippen MR) is 264 cm³/mol. The first-order valence-corrected chi connectivity index (χ1v) is 25.7. The molecule has 3 atom stereocenters. The Bertz CT molecular complexity index is 1140. The predicted octanol–water partition coefficient (Wildman–Crippen LogP) is 15.4. The maximum absolute atomic E-state index is 13.1. The van der Waals surface area contributed by atoms with E-state index >= 15 is 0 Å². The molecule has 6 nitrogen and oxygen atoms in total. The van der Waals surface area contributed by atoms with Crippen LogP contribution in [0.3, 0.4) is 0 Å². The van der Waals surface area contributed by atoms with Crippen LogP contribution in [0.15, 0.2) is 72.9 Å². The van der Waals surface area contributed by atoms with Crippen LogP contribution in [0.5, 0.6) is 0 Å². The van der Waals surface area contributed by atoms with Gasteiger partial charge in [-0.2, -0.15) is 0 Å². The molecule has 0 rings (SSSR count). The van der Waals surface area contributed by atoms with Gasteiger partial charge in [0.1, 0.15) is 6.10 Å². The number of rotatable bonds is 45. The highest BCUT2D eigenvalue weighted by Crippen LogP contribution is 2.17. The molecule has 0 heterocycles. The minimum absolute atomic E-state index is 0.0500. The Labute approximate surface area is 377 Å². The number of amides is 1. The largest absolute Gasteiger partial charge is 0.462 e. The molecule has 0 fully saturated rings. The number of nitrogens with one attached hydrogen (secondary N) is 1. The molecule has 0 radical (unpaired) electrons. The summed E-state index contributed by atoms with van der Waals surface area (Å²) in [6, 6.07) is -0.714. The van der Waals surface area contributed by atoms with E-state index < -0.39 is 18.2 Å². The van der Waals surface area contributed by atoms with Crippen molar-refractivity contribution in [2.24, 2.45) is 0 Å². The number of esters is 1. The van der Waals surface area contributed by atoms with Gasteiger partial charge in [0.2, 0.25) is 5.91 Å². The van der Waals surface area contributed by atoms with E-state index in [0.29, 0.717) is 19.3 Å². The van der Waals surface area contributed by atoms with Crippen molar-refractivity contribution in [3.05, 3.63) is 72.9 Å². The summed E-state index contributed by atoms with van der Waals surface area (Å²) >= 11 is 0. The molecule has 0 aliphatic heterocycles. The molecule has 0 saturated heterocycles. The second-order valence-corrected chi connectivity index (χ2v) is 17.2. The molecule has 0 aromatic carbocycles. The fourth-order valence-corrected chi connectivity index (χ4v) is 7.40. The highest BCUT2D eigenvalue weighted by Gasteiger charge is 2.24. The zero-order chi connectivity index (χ0) is 44.5. The highest BCUT2D eigenvalue weighted by atomic mass is 16.5. The molecule has 0 aliphatic rings. The molecule has 0 saturated carbocycles. The number of hydrogen-bond donors (Lipinski definition) is 3. The standard InChI is InChI=1S/C55H97NO5/c1-4-7-10-13-16-19-21-23-25-26-27-28-30-32-34-36-39-42-45-48-55(60)61-51(46-43-40-37-18-15-12-9-6-3)49-54(59)56-52(50-57)53(58)47-44-41-38-35-33-31-29-24-22-20-17-14-11-8-5-2/h7,10,12,15-16,19,23,25,27-28,32,34,51-53,57-58H,4-6,8-9,11,13-14,17-18,20-22,24,26,29-31,33,35-50H2,1-3H3,(H,56,59)/b10-7-,15-12-,19-16-,25-23-,28-27-,34-32-. The van der Waals surface area contributed by atoms with E-state index in [0.717, 1.165) is 116 Å². The first-order chi connectivity index (χ1) is 30.0. The molecule has 3 unspecified atom stereocenters. The normalized spacial score (nSPS) is 13.9. The molecular weight excluding hydrogens is 755 g/mol. The topological polar surface area (TPSA) is 95.9 Å². The van der Waals surface area contributed by atoms with E-state index in [1.54, 1.807) is 0 Å². The third-order valence-electron chi connectivity index (χ3n) is 11.3. The summed E-state index contributed by atoms with van der Waals surface area (Å²) in [5, 5.41) is 23.7. The SMILES string of the molecule is CC/C=C\C/C=C\C/C=C\C/C=C\C/C=C\CCCCCC(=O)OC(CCCCC/C=C\CCC)CC(=O)NC(CO)C(O)CCCCCCCCCCCCCCCCC. The fraction of sp³-hybridized carbons (Fsp3) is 0.745. The first-order valence-electron chi connectivity index (χ1n) is 25.7. The van der Waals surface area contributed by atoms with E-state index in [4.69, 9.17) is 4.74 Å². The van der Waals surface area contributed by atoms with Crippen LogP contribution in [0.1, 0.15) is 239 Å². The van der Waals surface area contributed by atoms with Crippen LogP contribution in [0, 0.1) is 0 Å². The smallest absolute Gasteiger partial charge is 0.306 e. The van der Waals surface area contributed by atoms with Gasteiger partial charge in [-0.3, -0.25) is 9.59 Å². The van der Waals surface area contributed by atoms with Gasteiger partial charge in [-0.1, -0.05) is 209 Å². The molecule has 0 bridgehead atoms. The molecular formula is C55H97NO5. The molecule has 0 aliphatic carbocycles. The molecule has 0 aromatic rings. The summed E-state index contributed by atoms with van der Waals surface area (Å²) in [5.41, 5.74) is 0. The van der Waals surface area contributed by atoms with Crippen molar-refractivity contribution in [2.45, 2.75) is 257 Å². The summed E-state index contributed by atoms with van der Waals surface area (Å²) in [6.07, 6.45) is 61.2. The Kier molecular flexibility index (Phi) is 46.2. The third-order valence-corrected chi connectivity index (χ3v) is 11.3. The fourth-order valence-electron chi connectivity index (χ4n) is 7.40. The Balaban J connectivity index is 4.47. The number of hydrogen-bond acceptors (Lipinski definition) is 5. The van der Waals surface area contributed by atoms with Gasteiger partial charge in [0, 0.05) is 6.42 Å². The van der Waals surface area contributed by atoms with Crippen molar-refractivity contribution in [1.29, 1.82) is 0 Å². The number of unbranched alkanes of at least 4 members (excludes halogenated alkanes) is 21. The van der Waals surface area contributed by atoms with Crippen molar-refractivity contribution < 1.29 is 24.5 Å². The number of ether oxygens (including phenoxy) is 1. The summed E-state index contributed by atoms with van der Waals surface area (Å²) in [6.45, 7) is 6.29. The molecule has 3 N–H and O–H groups in total. The van der Waals surface area contributed by atoms with Gasteiger partial charge in [-0.15, -0.1) is 0 Å². The number of carbonyl (C=O) groups is 2. The van der Waals surface area contributed by atoms with Crippen LogP contribution in [-0.2, 0) is 14.3 Å². The number of carbonyl (C=O) groups excluding carboxylic acids is 2. The highest BCUT2D eigenvalue weighted by molar-refractivity contribution is 5.77. The molecule has 0 aromatic heterocycles. The van der Waals surface area contributed by atoms with E-state index in [1.807, 2.05) is 0 Å². The lowest BCUT2D eigenvalue weighted by Gasteiger charge is -2.24.